The molecule has 3 heterocycles. The molecule has 1 saturated heterocycles. The standard InChI is InChI=1S/C19H24N4O3S2/c1-4-22-17(25)14-12-6-5-10(2)9-13(12)28-15(14)21-19(22)27-11(3)16(24)23-8-7-20-18(23)26/h10-11H,4-9H2,1-3H3,(H,20,26)/t10-,11+/m1/s1. The number of thiophene rings is 1. The van der Waals surface area contributed by atoms with Crippen LogP contribution >= 0.6 is 23.1 Å². The van der Waals surface area contributed by atoms with E-state index < -0.39 is 5.25 Å². The molecule has 9 heteroatoms. The summed E-state index contributed by atoms with van der Waals surface area (Å²) in [5.74, 6) is 0.378. The van der Waals surface area contributed by atoms with Gasteiger partial charge >= 0.3 is 6.03 Å². The molecule has 4 rings (SSSR count). The summed E-state index contributed by atoms with van der Waals surface area (Å²) >= 11 is 2.87. The number of carbonyl (C=O) groups is 2. The molecule has 2 atom stereocenters. The summed E-state index contributed by atoms with van der Waals surface area (Å²) < 4.78 is 1.66. The minimum Gasteiger partial charge on any atom is -0.336 e. The molecule has 3 amide bonds. The molecule has 0 saturated carbocycles. The molecule has 0 aromatic carbocycles. The van der Waals surface area contributed by atoms with Crippen molar-refractivity contribution < 1.29 is 9.59 Å². The van der Waals surface area contributed by atoms with E-state index in [-0.39, 0.29) is 17.5 Å². The van der Waals surface area contributed by atoms with Gasteiger partial charge in [0.1, 0.15) is 4.83 Å². The van der Waals surface area contributed by atoms with Crippen molar-refractivity contribution in [3.8, 4) is 0 Å². The molecule has 2 aromatic heterocycles. The van der Waals surface area contributed by atoms with Gasteiger partial charge in [0.25, 0.3) is 5.56 Å². The zero-order valence-corrected chi connectivity index (χ0v) is 17.9. The predicted molar refractivity (Wildman–Crippen MR) is 111 cm³/mol. The molecular weight excluding hydrogens is 396 g/mol. The fourth-order valence-electron chi connectivity index (χ4n) is 3.88. The van der Waals surface area contributed by atoms with Gasteiger partial charge in [0.15, 0.2) is 5.16 Å². The monoisotopic (exact) mass is 420 g/mol. The summed E-state index contributed by atoms with van der Waals surface area (Å²) in [7, 11) is 0. The van der Waals surface area contributed by atoms with Crippen molar-refractivity contribution in [3.63, 3.8) is 0 Å². The molecule has 1 aliphatic heterocycles. The van der Waals surface area contributed by atoms with E-state index in [0.717, 1.165) is 29.5 Å². The van der Waals surface area contributed by atoms with Gasteiger partial charge in [0.2, 0.25) is 5.91 Å². The summed E-state index contributed by atoms with van der Waals surface area (Å²) in [6.07, 6.45) is 3.04. The number of urea groups is 1. The number of amides is 3. The van der Waals surface area contributed by atoms with E-state index >= 15 is 0 Å². The zero-order chi connectivity index (χ0) is 20.0. The number of carbonyl (C=O) groups excluding carboxylic acids is 2. The highest BCUT2D eigenvalue weighted by Gasteiger charge is 2.31. The topological polar surface area (TPSA) is 84.3 Å². The molecular formula is C19H24N4O3S2. The van der Waals surface area contributed by atoms with Crippen LogP contribution in [0.3, 0.4) is 0 Å². The number of hydrogen-bond acceptors (Lipinski definition) is 6. The van der Waals surface area contributed by atoms with E-state index in [1.54, 1.807) is 22.8 Å². The van der Waals surface area contributed by atoms with Crippen molar-refractivity contribution >= 4 is 45.3 Å². The SMILES string of the molecule is CCn1c(S[C@@H](C)C(=O)N2CCNC2=O)nc2sc3c(c2c1=O)CC[C@@H](C)C3. The van der Waals surface area contributed by atoms with Crippen molar-refractivity contribution in [2.24, 2.45) is 5.92 Å². The largest absolute Gasteiger partial charge is 0.336 e. The molecule has 7 nitrogen and oxygen atoms in total. The Hall–Kier alpha value is -1.87. The fraction of sp³-hybridized carbons (Fsp3) is 0.579. The van der Waals surface area contributed by atoms with Crippen molar-refractivity contribution in [1.29, 1.82) is 0 Å². The van der Waals surface area contributed by atoms with E-state index in [1.165, 1.54) is 27.1 Å². The molecule has 1 N–H and O–H groups in total. The third-order valence-corrected chi connectivity index (χ3v) is 7.68. The van der Waals surface area contributed by atoms with Crippen molar-refractivity contribution in [2.45, 2.75) is 57.0 Å². The molecule has 2 aromatic rings. The van der Waals surface area contributed by atoms with Crippen LogP contribution in [0.25, 0.3) is 10.2 Å². The maximum atomic E-state index is 13.2. The fourth-order valence-corrected chi connectivity index (χ4v) is 6.34. The maximum Gasteiger partial charge on any atom is 0.324 e. The lowest BCUT2D eigenvalue weighted by atomic mass is 9.89. The second-order valence-corrected chi connectivity index (χ2v) is 9.85. The Bertz CT molecular complexity index is 1010. The molecule has 2 aliphatic rings. The number of thioether (sulfide) groups is 1. The first-order chi connectivity index (χ1) is 13.4. The van der Waals surface area contributed by atoms with Gasteiger partial charge < -0.3 is 5.32 Å². The van der Waals surface area contributed by atoms with Gasteiger partial charge in [-0.2, -0.15) is 0 Å². The predicted octanol–water partition coefficient (Wildman–Crippen LogP) is 2.64. The molecule has 28 heavy (non-hydrogen) atoms. The van der Waals surface area contributed by atoms with E-state index in [1.807, 2.05) is 6.92 Å². The average molecular weight is 421 g/mol. The van der Waals surface area contributed by atoms with E-state index in [2.05, 4.69) is 12.2 Å². The third-order valence-electron chi connectivity index (χ3n) is 5.45. The summed E-state index contributed by atoms with van der Waals surface area (Å²) in [5.41, 5.74) is 1.16. The molecule has 0 radical (unpaired) electrons. The Morgan fingerprint density at radius 2 is 2.21 bits per heavy atom. The van der Waals surface area contributed by atoms with Crippen LogP contribution in [0.5, 0.6) is 0 Å². The Morgan fingerprint density at radius 1 is 1.43 bits per heavy atom. The highest BCUT2D eigenvalue weighted by Crippen LogP contribution is 2.37. The highest BCUT2D eigenvalue weighted by molar-refractivity contribution is 8.00. The van der Waals surface area contributed by atoms with E-state index in [0.29, 0.717) is 30.7 Å². The lowest BCUT2D eigenvalue weighted by molar-refractivity contribution is -0.126. The average Bonchev–Trinajstić information content (AvgIpc) is 3.23. The van der Waals surface area contributed by atoms with Gasteiger partial charge in [0, 0.05) is 24.5 Å². The normalized spacial score (nSPS) is 20.3. The zero-order valence-electron chi connectivity index (χ0n) is 16.3. The molecule has 150 valence electrons. The number of nitrogens with one attached hydrogen (secondary N) is 1. The molecule has 1 fully saturated rings. The number of rotatable bonds is 4. The minimum absolute atomic E-state index is 0.0133. The van der Waals surface area contributed by atoms with Crippen LogP contribution in [0.4, 0.5) is 4.79 Å². The molecule has 1 aliphatic carbocycles. The number of fused-ring (bicyclic) bond motifs is 3. The van der Waals surface area contributed by atoms with Crippen LogP contribution in [0.15, 0.2) is 9.95 Å². The van der Waals surface area contributed by atoms with Gasteiger partial charge in [0.05, 0.1) is 10.6 Å². The summed E-state index contributed by atoms with van der Waals surface area (Å²) in [6, 6.07) is -0.353. The summed E-state index contributed by atoms with van der Waals surface area (Å²) in [6.45, 7) is 7.28. The molecule has 0 bridgehead atoms. The van der Waals surface area contributed by atoms with Crippen molar-refractivity contribution in [3.05, 3.63) is 20.8 Å². The summed E-state index contributed by atoms with van der Waals surface area (Å²) in [4.78, 5) is 45.7. The van der Waals surface area contributed by atoms with Gasteiger partial charge in [-0.05, 0) is 44.6 Å². The number of aryl methyl sites for hydroxylation is 1. The minimum atomic E-state index is -0.499. The Kier molecular flexibility index (Phi) is 5.22. The lowest BCUT2D eigenvalue weighted by Crippen LogP contribution is -2.39. The second-order valence-electron chi connectivity index (χ2n) is 7.46. The number of aromatic nitrogens is 2. The van der Waals surface area contributed by atoms with Crippen LogP contribution in [-0.4, -0.2) is 44.7 Å². The first kappa shape index (κ1) is 19.4. The van der Waals surface area contributed by atoms with Crippen molar-refractivity contribution in [2.75, 3.05) is 13.1 Å². The smallest absolute Gasteiger partial charge is 0.324 e. The van der Waals surface area contributed by atoms with Crippen LogP contribution < -0.4 is 10.9 Å². The van der Waals surface area contributed by atoms with Gasteiger partial charge in [-0.25, -0.2) is 9.78 Å². The second kappa shape index (κ2) is 7.51. The quantitative estimate of drug-likeness (QED) is 0.607. The number of hydrogen-bond donors (Lipinski definition) is 1. The Labute approximate surface area is 171 Å². The Morgan fingerprint density at radius 3 is 2.89 bits per heavy atom. The van der Waals surface area contributed by atoms with Crippen LogP contribution in [0.1, 0.15) is 37.6 Å². The van der Waals surface area contributed by atoms with Gasteiger partial charge in [-0.15, -0.1) is 11.3 Å². The van der Waals surface area contributed by atoms with Crippen LogP contribution in [-0.2, 0) is 24.2 Å². The first-order valence-electron chi connectivity index (χ1n) is 9.71. The van der Waals surface area contributed by atoms with Crippen LogP contribution in [0.2, 0.25) is 0 Å². The van der Waals surface area contributed by atoms with E-state index in [9.17, 15) is 14.4 Å². The van der Waals surface area contributed by atoms with Gasteiger partial charge in [-0.1, -0.05) is 18.7 Å². The molecule has 0 unspecified atom stereocenters. The summed E-state index contributed by atoms with van der Waals surface area (Å²) in [5, 5.41) is 3.45. The lowest BCUT2D eigenvalue weighted by Gasteiger charge is -2.19. The number of imide groups is 1. The Balaban J connectivity index is 1.70. The van der Waals surface area contributed by atoms with Crippen LogP contribution in [0, 0.1) is 5.92 Å². The maximum absolute atomic E-state index is 13.2. The number of nitrogens with zero attached hydrogens (tertiary/aromatic N) is 3. The third kappa shape index (κ3) is 3.24. The highest BCUT2D eigenvalue weighted by atomic mass is 32.2. The van der Waals surface area contributed by atoms with E-state index in [4.69, 9.17) is 4.98 Å². The van der Waals surface area contributed by atoms with Crippen molar-refractivity contribution in [1.82, 2.24) is 19.8 Å². The van der Waals surface area contributed by atoms with Gasteiger partial charge in [-0.3, -0.25) is 19.1 Å². The first-order valence-corrected chi connectivity index (χ1v) is 11.4. The molecule has 0 spiro atoms.